The van der Waals surface area contributed by atoms with Crippen LogP contribution in [0.15, 0.2) is 0 Å². The molecule has 1 saturated heterocycles. The largest absolute Gasteiger partial charge is 0.479 e. The summed E-state index contributed by atoms with van der Waals surface area (Å²) in [6.07, 6.45) is 0.424. The van der Waals surface area contributed by atoms with Crippen LogP contribution in [0.5, 0.6) is 0 Å². The van der Waals surface area contributed by atoms with Crippen LogP contribution in [-0.4, -0.2) is 46.8 Å². The van der Waals surface area contributed by atoms with Gasteiger partial charge in [0.05, 0.1) is 12.0 Å². The fourth-order valence-electron chi connectivity index (χ4n) is 1.65. The third-order valence-electron chi connectivity index (χ3n) is 2.40. The van der Waals surface area contributed by atoms with Gasteiger partial charge in [-0.25, -0.2) is 4.79 Å². The summed E-state index contributed by atoms with van der Waals surface area (Å²) < 4.78 is 0. The highest BCUT2D eigenvalue weighted by Crippen LogP contribution is 2.15. The standard InChI is InChI=1S/C9H14N2O3/c10-4-7-2-1-3-11(5-7)6-8(12)9(13)14/h7-8,12H,1-3,5-6H2,(H,13,14). The molecule has 2 unspecified atom stereocenters. The van der Waals surface area contributed by atoms with Gasteiger partial charge in [0.1, 0.15) is 0 Å². The molecule has 5 nitrogen and oxygen atoms in total. The Bertz CT molecular complexity index is 249. The number of nitriles is 1. The zero-order valence-corrected chi connectivity index (χ0v) is 7.89. The zero-order chi connectivity index (χ0) is 10.6. The number of rotatable bonds is 3. The average Bonchev–Trinajstić information content (AvgIpc) is 2.18. The van der Waals surface area contributed by atoms with Gasteiger partial charge in [-0.15, -0.1) is 0 Å². The second kappa shape index (κ2) is 4.94. The quantitative estimate of drug-likeness (QED) is 0.648. The smallest absolute Gasteiger partial charge is 0.333 e. The van der Waals surface area contributed by atoms with E-state index in [1.54, 1.807) is 0 Å². The van der Waals surface area contributed by atoms with E-state index in [1.165, 1.54) is 0 Å². The molecule has 0 bridgehead atoms. The molecular weight excluding hydrogens is 184 g/mol. The van der Waals surface area contributed by atoms with Crippen LogP contribution in [0.2, 0.25) is 0 Å². The molecule has 0 radical (unpaired) electrons. The molecule has 14 heavy (non-hydrogen) atoms. The van der Waals surface area contributed by atoms with E-state index >= 15 is 0 Å². The molecule has 0 aromatic rings. The number of aliphatic hydroxyl groups excluding tert-OH is 1. The van der Waals surface area contributed by atoms with Crippen molar-refractivity contribution >= 4 is 5.97 Å². The van der Waals surface area contributed by atoms with Crippen LogP contribution < -0.4 is 0 Å². The van der Waals surface area contributed by atoms with Crippen molar-refractivity contribution in [2.45, 2.75) is 18.9 Å². The Kier molecular flexibility index (Phi) is 3.86. The average molecular weight is 198 g/mol. The van der Waals surface area contributed by atoms with Crippen LogP contribution in [0.25, 0.3) is 0 Å². The van der Waals surface area contributed by atoms with Crippen molar-refractivity contribution in [2.24, 2.45) is 5.92 Å². The van der Waals surface area contributed by atoms with Gasteiger partial charge in [-0.3, -0.25) is 4.90 Å². The fraction of sp³-hybridized carbons (Fsp3) is 0.778. The molecule has 1 aliphatic heterocycles. The van der Waals surface area contributed by atoms with Gasteiger partial charge in [-0.1, -0.05) is 0 Å². The van der Waals surface area contributed by atoms with E-state index in [2.05, 4.69) is 6.07 Å². The van der Waals surface area contributed by atoms with Gasteiger partial charge in [0.25, 0.3) is 0 Å². The van der Waals surface area contributed by atoms with Crippen molar-refractivity contribution in [1.82, 2.24) is 4.90 Å². The van der Waals surface area contributed by atoms with E-state index in [4.69, 9.17) is 15.5 Å². The molecule has 2 N–H and O–H groups in total. The van der Waals surface area contributed by atoms with Crippen molar-refractivity contribution in [1.29, 1.82) is 5.26 Å². The van der Waals surface area contributed by atoms with E-state index in [1.807, 2.05) is 4.90 Å². The lowest BCUT2D eigenvalue weighted by Gasteiger charge is -2.29. The van der Waals surface area contributed by atoms with Gasteiger partial charge in [0.2, 0.25) is 0 Å². The minimum absolute atomic E-state index is 0.0234. The summed E-state index contributed by atoms with van der Waals surface area (Å²) in [5.74, 6) is -1.23. The van der Waals surface area contributed by atoms with Crippen LogP contribution >= 0.6 is 0 Å². The maximum absolute atomic E-state index is 10.4. The van der Waals surface area contributed by atoms with Crippen LogP contribution in [0, 0.1) is 17.2 Å². The second-order valence-electron chi connectivity index (χ2n) is 3.58. The third kappa shape index (κ3) is 2.98. The van der Waals surface area contributed by atoms with E-state index in [0.29, 0.717) is 6.54 Å². The number of nitrogens with zero attached hydrogens (tertiary/aromatic N) is 2. The SMILES string of the molecule is N#CC1CCCN(CC(O)C(=O)O)C1. The number of piperidine rings is 1. The Labute approximate surface area is 82.6 Å². The fourth-order valence-corrected chi connectivity index (χ4v) is 1.65. The highest BCUT2D eigenvalue weighted by atomic mass is 16.4. The molecule has 0 spiro atoms. The lowest BCUT2D eigenvalue weighted by Crippen LogP contribution is -2.42. The number of carboxylic acids is 1. The van der Waals surface area contributed by atoms with E-state index < -0.39 is 12.1 Å². The molecular formula is C9H14N2O3. The molecule has 0 aliphatic carbocycles. The van der Waals surface area contributed by atoms with Crippen LogP contribution in [-0.2, 0) is 4.79 Å². The number of aliphatic carboxylic acids is 1. The zero-order valence-electron chi connectivity index (χ0n) is 7.89. The molecule has 0 amide bonds. The van der Waals surface area contributed by atoms with Gasteiger partial charge in [0.15, 0.2) is 6.10 Å². The minimum atomic E-state index is -1.34. The summed E-state index contributed by atoms with van der Waals surface area (Å²) in [6, 6.07) is 2.17. The van der Waals surface area contributed by atoms with Crippen molar-refractivity contribution in [2.75, 3.05) is 19.6 Å². The molecule has 1 heterocycles. The molecule has 5 heteroatoms. The molecule has 78 valence electrons. The lowest BCUT2D eigenvalue weighted by molar-refractivity contribution is -0.147. The topological polar surface area (TPSA) is 84.6 Å². The monoisotopic (exact) mass is 198 g/mol. The Balaban J connectivity index is 2.38. The Morgan fingerprint density at radius 3 is 3.00 bits per heavy atom. The number of carboxylic acid groups (broad SMARTS) is 1. The van der Waals surface area contributed by atoms with Crippen LogP contribution in [0.4, 0.5) is 0 Å². The van der Waals surface area contributed by atoms with Crippen molar-refractivity contribution in [3.8, 4) is 6.07 Å². The van der Waals surface area contributed by atoms with Gasteiger partial charge >= 0.3 is 5.97 Å². The summed E-state index contributed by atoms with van der Waals surface area (Å²) in [5, 5.41) is 26.3. The lowest BCUT2D eigenvalue weighted by atomic mass is 9.99. The first kappa shape index (κ1) is 11.0. The summed E-state index contributed by atoms with van der Waals surface area (Å²) in [7, 11) is 0. The molecule has 0 saturated carbocycles. The Morgan fingerprint density at radius 1 is 1.71 bits per heavy atom. The predicted octanol–water partition coefficient (Wildman–Crippen LogP) is -0.333. The molecule has 1 fully saturated rings. The van der Waals surface area contributed by atoms with E-state index in [0.717, 1.165) is 19.4 Å². The summed E-state index contributed by atoms with van der Waals surface area (Å²) >= 11 is 0. The first-order valence-corrected chi connectivity index (χ1v) is 4.66. The summed E-state index contributed by atoms with van der Waals surface area (Å²) in [5.41, 5.74) is 0. The van der Waals surface area contributed by atoms with Gasteiger partial charge in [-0.2, -0.15) is 5.26 Å². The van der Waals surface area contributed by atoms with Crippen molar-refractivity contribution < 1.29 is 15.0 Å². The number of hydrogen-bond acceptors (Lipinski definition) is 4. The van der Waals surface area contributed by atoms with E-state index in [9.17, 15) is 4.79 Å². The molecule has 1 aliphatic rings. The molecule has 0 aromatic carbocycles. The Hall–Kier alpha value is -1.12. The highest BCUT2D eigenvalue weighted by molar-refractivity contribution is 5.72. The molecule has 1 rings (SSSR count). The Morgan fingerprint density at radius 2 is 2.43 bits per heavy atom. The van der Waals surface area contributed by atoms with Crippen molar-refractivity contribution in [3.05, 3.63) is 0 Å². The number of hydrogen-bond donors (Lipinski definition) is 2. The normalized spacial score (nSPS) is 25.3. The van der Waals surface area contributed by atoms with Crippen LogP contribution in [0.1, 0.15) is 12.8 Å². The number of β-amino-alcohol motifs (C(OH)–C–C–N with tert-alkyl or cyclic N) is 1. The minimum Gasteiger partial charge on any atom is -0.479 e. The number of likely N-dealkylation sites (tertiary alicyclic amines) is 1. The molecule has 0 aromatic heterocycles. The highest BCUT2D eigenvalue weighted by Gasteiger charge is 2.23. The van der Waals surface area contributed by atoms with Crippen LogP contribution in [0.3, 0.4) is 0 Å². The van der Waals surface area contributed by atoms with Crippen molar-refractivity contribution in [3.63, 3.8) is 0 Å². The number of carbonyl (C=O) groups is 1. The predicted molar refractivity (Wildman–Crippen MR) is 48.4 cm³/mol. The maximum atomic E-state index is 10.4. The first-order chi connectivity index (χ1) is 6.63. The molecule has 2 atom stereocenters. The third-order valence-corrected chi connectivity index (χ3v) is 2.40. The first-order valence-electron chi connectivity index (χ1n) is 4.66. The second-order valence-corrected chi connectivity index (χ2v) is 3.58. The summed E-state index contributed by atoms with van der Waals surface area (Å²) in [6.45, 7) is 1.46. The number of aliphatic hydroxyl groups is 1. The summed E-state index contributed by atoms with van der Waals surface area (Å²) in [4.78, 5) is 12.2. The van der Waals surface area contributed by atoms with Gasteiger partial charge < -0.3 is 10.2 Å². The van der Waals surface area contributed by atoms with E-state index in [-0.39, 0.29) is 12.5 Å². The maximum Gasteiger partial charge on any atom is 0.333 e. The van der Waals surface area contributed by atoms with Gasteiger partial charge in [0, 0.05) is 13.1 Å². The van der Waals surface area contributed by atoms with Gasteiger partial charge in [-0.05, 0) is 19.4 Å².